The van der Waals surface area contributed by atoms with Crippen molar-refractivity contribution in [1.82, 2.24) is 10.2 Å². The van der Waals surface area contributed by atoms with E-state index in [0.29, 0.717) is 12.3 Å². The first-order chi connectivity index (χ1) is 14.0. The Bertz CT molecular complexity index is 906. The number of hydrogen-bond acceptors (Lipinski definition) is 3. The van der Waals surface area contributed by atoms with Gasteiger partial charge in [0.15, 0.2) is 6.61 Å². The van der Waals surface area contributed by atoms with Crippen molar-refractivity contribution in [2.75, 3.05) is 13.7 Å². The number of ether oxygens (including phenoxy) is 1. The Labute approximate surface area is 187 Å². The number of aryl methyl sites for hydroxylation is 1. The predicted molar refractivity (Wildman–Crippen MR) is 124 cm³/mol. The van der Waals surface area contributed by atoms with Crippen LogP contribution < -0.4 is 10.1 Å². The Morgan fingerprint density at radius 3 is 2.43 bits per heavy atom. The topological polar surface area (TPSA) is 58.6 Å². The molecule has 0 heterocycles. The normalized spacial score (nSPS) is 12.2. The van der Waals surface area contributed by atoms with Gasteiger partial charge in [0.05, 0.1) is 4.47 Å². The van der Waals surface area contributed by atoms with Crippen LogP contribution in [0.3, 0.4) is 0 Å². The van der Waals surface area contributed by atoms with Gasteiger partial charge >= 0.3 is 0 Å². The zero-order valence-electron chi connectivity index (χ0n) is 18.6. The first-order valence-electron chi connectivity index (χ1n) is 10.0. The molecule has 0 unspecified atom stereocenters. The Hall–Kier alpha value is -2.34. The van der Waals surface area contributed by atoms with Gasteiger partial charge in [-0.25, -0.2) is 0 Å². The molecular formula is C24H31BrN2O3. The average Bonchev–Trinajstić information content (AvgIpc) is 2.69. The minimum atomic E-state index is -0.613. The highest BCUT2D eigenvalue weighted by molar-refractivity contribution is 9.10. The van der Waals surface area contributed by atoms with Gasteiger partial charge in [0.25, 0.3) is 5.91 Å². The standard InChI is InChI=1S/C24H31BrN2O3/c1-16-8-7-9-18(12-16)14-27(17(2)23(29)26-6)22(28)15-30-21-11-10-19(13-20(21)25)24(3,4)5/h7-13,17H,14-15H2,1-6H3,(H,26,29)/t17-/m0/s1. The lowest BCUT2D eigenvalue weighted by molar-refractivity contribution is -0.142. The van der Waals surface area contributed by atoms with Gasteiger partial charge in [0, 0.05) is 13.6 Å². The molecule has 0 saturated heterocycles. The van der Waals surface area contributed by atoms with Gasteiger partial charge in [-0.1, -0.05) is 56.7 Å². The van der Waals surface area contributed by atoms with E-state index in [-0.39, 0.29) is 23.8 Å². The lowest BCUT2D eigenvalue weighted by Gasteiger charge is -2.28. The van der Waals surface area contributed by atoms with E-state index in [1.165, 1.54) is 5.56 Å². The summed E-state index contributed by atoms with van der Waals surface area (Å²) in [6.45, 7) is 10.3. The lowest BCUT2D eigenvalue weighted by Crippen LogP contribution is -2.48. The number of halogens is 1. The number of carbonyl (C=O) groups excluding carboxylic acids is 2. The molecule has 0 radical (unpaired) electrons. The van der Waals surface area contributed by atoms with Crippen LogP contribution in [-0.2, 0) is 21.5 Å². The monoisotopic (exact) mass is 474 g/mol. The number of amides is 2. The van der Waals surface area contributed by atoms with Gasteiger partial charge in [-0.2, -0.15) is 0 Å². The van der Waals surface area contributed by atoms with E-state index in [4.69, 9.17) is 4.74 Å². The molecule has 5 nitrogen and oxygen atoms in total. The summed E-state index contributed by atoms with van der Waals surface area (Å²) in [4.78, 5) is 26.8. The number of likely N-dealkylation sites (N-methyl/N-ethyl adjacent to an activating group) is 1. The summed E-state index contributed by atoms with van der Waals surface area (Å²) in [5, 5.41) is 2.62. The Morgan fingerprint density at radius 1 is 1.17 bits per heavy atom. The second kappa shape index (κ2) is 10.1. The quantitative estimate of drug-likeness (QED) is 0.637. The maximum Gasteiger partial charge on any atom is 0.261 e. The summed E-state index contributed by atoms with van der Waals surface area (Å²) >= 11 is 3.54. The molecule has 0 saturated carbocycles. The van der Waals surface area contributed by atoms with Crippen molar-refractivity contribution in [3.63, 3.8) is 0 Å². The smallest absolute Gasteiger partial charge is 0.261 e. The van der Waals surface area contributed by atoms with E-state index in [1.807, 2.05) is 49.4 Å². The fourth-order valence-electron chi connectivity index (χ4n) is 3.11. The molecule has 0 spiro atoms. The van der Waals surface area contributed by atoms with Crippen LogP contribution in [0.1, 0.15) is 44.4 Å². The zero-order valence-corrected chi connectivity index (χ0v) is 20.2. The summed E-state index contributed by atoms with van der Waals surface area (Å²) in [6, 6.07) is 13.2. The largest absolute Gasteiger partial charge is 0.483 e. The van der Waals surface area contributed by atoms with E-state index in [9.17, 15) is 9.59 Å². The molecule has 1 N–H and O–H groups in total. The lowest BCUT2D eigenvalue weighted by atomic mass is 9.87. The van der Waals surface area contributed by atoms with E-state index >= 15 is 0 Å². The molecule has 0 aromatic heterocycles. The van der Waals surface area contributed by atoms with Gasteiger partial charge in [-0.3, -0.25) is 9.59 Å². The van der Waals surface area contributed by atoms with Crippen LogP contribution in [0.2, 0.25) is 0 Å². The molecule has 30 heavy (non-hydrogen) atoms. The van der Waals surface area contributed by atoms with Crippen LogP contribution >= 0.6 is 15.9 Å². The van der Waals surface area contributed by atoms with E-state index in [0.717, 1.165) is 15.6 Å². The Balaban J connectivity index is 2.17. The fraction of sp³-hybridized carbons (Fsp3) is 0.417. The zero-order chi connectivity index (χ0) is 22.5. The fourth-order valence-corrected chi connectivity index (χ4v) is 3.60. The first-order valence-corrected chi connectivity index (χ1v) is 10.8. The van der Waals surface area contributed by atoms with Gasteiger partial charge in [-0.05, 0) is 58.5 Å². The first kappa shape index (κ1) is 23.9. The second-order valence-electron chi connectivity index (χ2n) is 8.48. The molecule has 2 aromatic rings. The maximum atomic E-state index is 13.0. The van der Waals surface area contributed by atoms with Gasteiger partial charge in [0.2, 0.25) is 5.91 Å². The molecule has 1 atom stereocenters. The molecule has 0 aliphatic rings. The van der Waals surface area contributed by atoms with E-state index in [1.54, 1.807) is 18.9 Å². The molecule has 2 aromatic carbocycles. The van der Waals surface area contributed by atoms with Crippen LogP contribution in [-0.4, -0.2) is 36.4 Å². The Kier molecular flexibility index (Phi) is 8.07. The molecule has 0 aliphatic heterocycles. The van der Waals surface area contributed by atoms with Crippen LogP contribution in [0.25, 0.3) is 0 Å². The van der Waals surface area contributed by atoms with Gasteiger partial charge in [0.1, 0.15) is 11.8 Å². The van der Waals surface area contributed by atoms with Crippen molar-refractivity contribution in [2.24, 2.45) is 0 Å². The van der Waals surface area contributed by atoms with Crippen molar-refractivity contribution in [1.29, 1.82) is 0 Å². The summed E-state index contributed by atoms with van der Waals surface area (Å²) in [5.41, 5.74) is 3.26. The third kappa shape index (κ3) is 6.33. The number of benzene rings is 2. The van der Waals surface area contributed by atoms with Crippen molar-refractivity contribution in [3.05, 3.63) is 63.6 Å². The third-order valence-electron chi connectivity index (χ3n) is 5.00. The molecular weight excluding hydrogens is 444 g/mol. The summed E-state index contributed by atoms with van der Waals surface area (Å²) in [7, 11) is 1.57. The van der Waals surface area contributed by atoms with Crippen LogP contribution in [0.15, 0.2) is 46.9 Å². The Morgan fingerprint density at radius 2 is 1.87 bits per heavy atom. The molecule has 2 rings (SSSR count). The van der Waals surface area contributed by atoms with Gasteiger partial charge in [-0.15, -0.1) is 0 Å². The molecule has 0 bridgehead atoms. The number of hydrogen-bond donors (Lipinski definition) is 1. The molecule has 162 valence electrons. The molecule has 2 amide bonds. The third-order valence-corrected chi connectivity index (χ3v) is 5.62. The highest BCUT2D eigenvalue weighted by atomic mass is 79.9. The van der Waals surface area contributed by atoms with Crippen LogP contribution in [0.5, 0.6) is 5.75 Å². The minimum Gasteiger partial charge on any atom is -0.483 e. The minimum absolute atomic E-state index is 0.0183. The van der Waals surface area contributed by atoms with Crippen molar-refractivity contribution in [2.45, 2.75) is 52.6 Å². The highest BCUT2D eigenvalue weighted by Crippen LogP contribution is 2.31. The summed E-state index contributed by atoms with van der Waals surface area (Å²) in [6.07, 6.45) is 0. The predicted octanol–water partition coefficient (Wildman–Crippen LogP) is 4.60. The number of carbonyl (C=O) groups is 2. The second-order valence-corrected chi connectivity index (χ2v) is 9.34. The van der Waals surface area contributed by atoms with E-state index < -0.39 is 6.04 Å². The van der Waals surface area contributed by atoms with Crippen molar-refractivity contribution < 1.29 is 14.3 Å². The number of nitrogens with zero attached hydrogens (tertiary/aromatic N) is 1. The number of nitrogens with one attached hydrogen (secondary N) is 1. The molecule has 0 fully saturated rings. The van der Waals surface area contributed by atoms with E-state index in [2.05, 4.69) is 42.0 Å². The van der Waals surface area contributed by atoms with Gasteiger partial charge < -0.3 is 15.0 Å². The molecule has 6 heteroatoms. The summed E-state index contributed by atoms with van der Waals surface area (Å²) in [5.74, 6) is 0.130. The highest BCUT2D eigenvalue weighted by Gasteiger charge is 2.26. The molecule has 0 aliphatic carbocycles. The van der Waals surface area contributed by atoms with Crippen molar-refractivity contribution in [3.8, 4) is 5.75 Å². The average molecular weight is 475 g/mol. The van der Waals surface area contributed by atoms with Crippen LogP contribution in [0.4, 0.5) is 0 Å². The SMILES string of the molecule is CNC(=O)[C@H](C)N(Cc1cccc(C)c1)C(=O)COc1ccc(C(C)(C)C)cc1Br. The van der Waals surface area contributed by atoms with Crippen LogP contribution in [0, 0.1) is 6.92 Å². The summed E-state index contributed by atoms with van der Waals surface area (Å²) < 4.78 is 6.60. The maximum absolute atomic E-state index is 13.0. The number of rotatable bonds is 7. The van der Waals surface area contributed by atoms with Crippen molar-refractivity contribution >= 4 is 27.7 Å².